The quantitative estimate of drug-likeness (QED) is 0.568. The largest absolute Gasteiger partial charge is 0.361 e. The summed E-state index contributed by atoms with van der Waals surface area (Å²) in [5.41, 5.74) is 2.51. The number of rotatable bonds is 5. The average molecular weight is 355 g/mol. The number of piperidine rings is 1. The Morgan fingerprint density at radius 1 is 1.31 bits per heavy atom. The van der Waals surface area contributed by atoms with Crippen molar-refractivity contribution in [3.8, 4) is 0 Å². The molecule has 1 amide bonds. The summed E-state index contributed by atoms with van der Waals surface area (Å²) in [5.74, 6) is 1.59. The molecular weight excluding hydrogens is 326 g/mol. The Morgan fingerprint density at radius 2 is 2.08 bits per heavy atom. The van der Waals surface area contributed by atoms with Gasteiger partial charge in [-0.1, -0.05) is 18.2 Å². The zero-order valence-corrected chi connectivity index (χ0v) is 15.7. The molecule has 2 heterocycles. The van der Waals surface area contributed by atoms with Crippen molar-refractivity contribution in [3.05, 3.63) is 36.0 Å². The number of nitrogens with one attached hydrogen (secondary N) is 3. The van der Waals surface area contributed by atoms with E-state index < -0.39 is 0 Å². The summed E-state index contributed by atoms with van der Waals surface area (Å²) in [6, 6.07) is 8.40. The second-order valence-electron chi connectivity index (χ2n) is 6.89. The minimum absolute atomic E-state index is 0.143. The van der Waals surface area contributed by atoms with Crippen molar-refractivity contribution < 1.29 is 4.79 Å². The van der Waals surface area contributed by atoms with Crippen molar-refractivity contribution in [2.24, 2.45) is 10.9 Å². The van der Waals surface area contributed by atoms with E-state index >= 15 is 0 Å². The SMILES string of the molecule is CN=C(NCCc1c[nH]c2ccccc12)N1CCC(CC(=O)NC)CC1. The highest BCUT2D eigenvalue weighted by Crippen LogP contribution is 2.21. The lowest BCUT2D eigenvalue weighted by atomic mass is 9.93. The van der Waals surface area contributed by atoms with Gasteiger partial charge >= 0.3 is 0 Å². The summed E-state index contributed by atoms with van der Waals surface area (Å²) in [7, 11) is 3.54. The molecule has 1 fully saturated rings. The predicted octanol–water partition coefficient (Wildman–Crippen LogP) is 2.13. The van der Waals surface area contributed by atoms with E-state index in [1.165, 1.54) is 16.5 Å². The lowest BCUT2D eigenvalue weighted by Gasteiger charge is -2.34. The number of guanidine groups is 1. The Kier molecular flexibility index (Phi) is 6.15. The van der Waals surface area contributed by atoms with Crippen molar-refractivity contribution in [3.63, 3.8) is 0 Å². The molecular formula is C20H29N5O. The van der Waals surface area contributed by atoms with Crippen LogP contribution >= 0.6 is 0 Å². The van der Waals surface area contributed by atoms with E-state index in [0.29, 0.717) is 12.3 Å². The Balaban J connectivity index is 1.47. The number of para-hydroxylation sites is 1. The number of fused-ring (bicyclic) bond motifs is 1. The molecule has 0 aliphatic carbocycles. The number of aromatic amines is 1. The van der Waals surface area contributed by atoms with Crippen molar-refractivity contribution in [2.45, 2.75) is 25.7 Å². The maximum absolute atomic E-state index is 11.5. The van der Waals surface area contributed by atoms with E-state index in [0.717, 1.165) is 44.9 Å². The van der Waals surface area contributed by atoms with E-state index in [2.05, 4.69) is 56.0 Å². The van der Waals surface area contributed by atoms with Gasteiger partial charge in [-0.25, -0.2) is 0 Å². The number of hydrogen-bond donors (Lipinski definition) is 3. The minimum Gasteiger partial charge on any atom is -0.361 e. The molecule has 1 aromatic carbocycles. The highest BCUT2D eigenvalue weighted by Gasteiger charge is 2.22. The molecule has 1 saturated heterocycles. The van der Waals surface area contributed by atoms with E-state index in [9.17, 15) is 4.79 Å². The second-order valence-corrected chi connectivity index (χ2v) is 6.89. The highest BCUT2D eigenvalue weighted by molar-refractivity contribution is 5.83. The van der Waals surface area contributed by atoms with E-state index in [4.69, 9.17) is 0 Å². The average Bonchev–Trinajstić information content (AvgIpc) is 3.09. The van der Waals surface area contributed by atoms with Crippen LogP contribution in [0.5, 0.6) is 0 Å². The van der Waals surface area contributed by atoms with Crippen LogP contribution in [-0.4, -0.2) is 55.5 Å². The molecule has 0 spiro atoms. The van der Waals surface area contributed by atoms with Crippen LogP contribution in [0.25, 0.3) is 10.9 Å². The maximum Gasteiger partial charge on any atom is 0.220 e. The van der Waals surface area contributed by atoms with Crippen LogP contribution in [-0.2, 0) is 11.2 Å². The Bertz CT molecular complexity index is 758. The molecule has 6 heteroatoms. The number of benzene rings is 1. The van der Waals surface area contributed by atoms with Crippen LogP contribution in [0.4, 0.5) is 0 Å². The molecule has 3 N–H and O–H groups in total. The fraction of sp³-hybridized carbons (Fsp3) is 0.500. The third kappa shape index (κ3) is 4.36. The van der Waals surface area contributed by atoms with Crippen molar-refractivity contribution in [1.82, 2.24) is 20.5 Å². The molecule has 140 valence electrons. The van der Waals surface area contributed by atoms with E-state index in [-0.39, 0.29) is 5.91 Å². The number of nitrogens with zero attached hydrogens (tertiary/aromatic N) is 2. The zero-order valence-electron chi connectivity index (χ0n) is 15.7. The predicted molar refractivity (Wildman–Crippen MR) is 106 cm³/mol. The van der Waals surface area contributed by atoms with E-state index in [1.54, 1.807) is 7.05 Å². The first-order valence-electron chi connectivity index (χ1n) is 9.42. The number of aromatic nitrogens is 1. The van der Waals surface area contributed by atoms with Crippen LogP contribution in [0.2, 0.25) is 0 Å². The summed E-state index contributed by atoms with van der Waals surface area (Å²) in [6.07, 6.45) is 5.76. The standard InChI is InChI=1S/C20H29N5O/c1-21-19(26)13-15-8-11-25(12-9-15)20(22-2)23-10-7-16-14-24-18-6-4-3-5-17(16)18/h3-6,14-15,24H,7-13H2,1-2H3,(H,21,26)(H,22,23). The molecule has 1 aliphatic heterocycles. The minimum atomic E-state index is 0.143. The number of hydrogen-bond acceptors (Lipinski definition) is 2. The fourth-order valence-corrected chi connectivity index (χ4v) is 3.69. The molecule has 2 aromatic rings. The number of likely N-dealkylation sites (tertiary alicyclic amines) is 1. The number of carbonyl (C=O) groups excluding carboxylic acids is 1. The molecule has 26 heavy (non-hydrogen) atoms. The number of carbonyl (C=O) groups is 1. The van der Waals surface area contributed by atoms with Crippen molar-refractivity contribution in [1.29, 1.82) is 0 Å². The topological polar surface area (TPSA) is 72.5 Å². The third-order valence-electron chi connectivity index (χ3n) is 5.23. The number of amides is 1. The normalized spacial score (nSPS) is 16.1. The lowest BCUT2D eigenvalue weighted by Crippen LogP contribution is -2.46. The van der Waals surface area contributed by atoms with Crippen LogP contribution in [0.15, 0.2) is 35.5 Å². The number of aliphatic imine (C=N–C) groups is 1. The van der Waals surface area contributed by atoms with Crippen LogP contribution in [0.1, 0.15) is 24.8 Å². The van der Waals surface area contributed by atoms with Gasteiger partial charge in [0.1, 0.15) is 0 Å². The third-order valence-corrected chi connectivity index (χ3v) is 5.23. The molecule has 0 radical (unpaired) electrons. The van der Waals surface area contributed by atoms with Gasteiger partial charge in [0.05, 0.1) is 0 Å². The monoisotopic (exact) mass is 355 g/mol. The van der Waals surface area contributed by atoms with Gasteiger partial charge < -0.3 is 20.5 Å². The summed E-state index contributed by atoms with van der Waals surface area (Å²) < 4.78 is 0. The summed E-state index contributed by atoms with van der Waals surface area (Å²) >= 11 is 0. The van der Waals surface area contributed by atoms with E-state index in [1.807, 2.05) is 7.05 Å². The maximum atomic E-state index is 11.5. The number of H-pyrrole nitrogens is 1. The van der Waals surface area contributed by atoms with Gasteiger partial charge in [-0.05, 0) is 36.8 Å². The lowest BCUT2D eigenvalue weighted by molar-refractivity contribution is -0.121. The van der Waals surface area contributed by atoms with Gasteiger partial charge in [0.15, 0.2) is 5.96 Å². The van der Waals surface area contributed by atoms with Gasteiger partial charge in [0.25, 0.3) is 0 Å². The van der Waals surface area contributed by atoms with Gasteiger partial charge in [-0.3, -0.25) is 9.79 Å². The summed E-state index contributed by atoms with van der Waals surface area (Å²) in [4.78, 5) is 21.6. The summed E-state index contributed by atoms with van der Waals surface area (Å²) in [6.45, 7) is 2.76. The first kappa shape index (κ1) is 18.3. The highest BCUT2D eigenvalue weighted by atomic mass is 16.1. The molecule has 0 atom stereocenters. The zero-order chi connectivity index (χ0) is 18.4. The molecule has 0 unspecified atom stereocenters. The van der Waals surface area contributed by atoms with Crippen LogP contribution < -0.4 is 10.6 Å². The van der Waals surface area contributed by atoms with Gasteiger partial charge in [-0.2, -0.15) is 0 Å². The Hall–Kier alpha value is -2.50. The summed E-state index contributed by atoms with van der Waals surface area (Å²) in [5, 5.41) is 7.50. The van der Waals surface area contributed by atoms with Crippen molar-refractivity contribution in [2.75, 3.05) is 33.7 Å². The van der Waals surface area contributed by atoms with Gasteiger partial charge in [0, 0.05) is 57.3 Å². The van der Waals surface area contributed by atoms with Gasteiger partial charge in [0.2, 0.25) is 5.91 Å². The first-order chi connectivity index (χ1) is 12.7. The van der Waals surface area contributed by atoms with Gasteiger partial charge in [-0.15, -0.1) is 0 Å². The molecule has 3 rings (SSSR count). The Labute approximate surface area is 155 Å². The smallest absolute Gasteiger partial charge is 0.220 e. The second kappa shape index (κ2) is 8.74. The Morgan fingerprint density at radius 3 is 2.81 bits per heavy atom. The fourth-order valence-electron chi connectivity index (χ4n) is 3.69. The molecule has 0 saturated carbocycles. The molecule has 1 aliphatic rings. The molecule has 0 bridgehead atoms. The van der Waals surface area contributed by atoms with Crippen LogP contribution in [0.3, 0.4) is 0 Å². The van der Waals surface area contributed by atoms with Crippen LogP contribution in [0, 0.1) is 5.92 Å². The molecule has 6 nitrogen and oxygen atoms in total. The van der Waals surface area contributed by atoms with Crippen molar-refractivity contribution >= 4 is 22.8 Å². The molecule has 1 aromatic heterocycles. The first-order valence-corrected chi connectivity index (χ1v) is 9.42.